The van der Waals surface area contributed by atoms with Gasteiger partial charge in [0.05, 0.1) is 12.2 Å². The molecule has 1 aromatic heterocycles. The Morgan fingerprint density at radius 1 is 1.54 bits per heavy atom. The monoisotopic (exact) mass is 182 g/mol. The van der Waals surface area contributed by atoms with Crippen molar-refractivity contribution in [2.75, 3.05) is 5.73 Å². The van der Waals surface area contributed by atoms with Gasteiger partial charge in [0.25, 0.3) is 0 Å². The molecular formula is C9H14N2O2. The summed E-state index contributed by atoms with van der Waals surface area (Å²) in [4.78, 5) is 3.89. The third-order valence-electron chi connectivity index (χ3n) is 1.93. The maximum Gasteiger partial charge on any atom is 0.0837 e. The maximum absolute atomic E-state index is 9.37. The number of anilines is 1. The second-order valence-corrected chi connectivity index (χ2v) is 3.09. The summed E-state index contributed by atoms with van der Waals surface area (Å²) < 4.78 is 0. The Morgan fingerprint density at radius 2 is 2.23 bits per heavy atom. The Labute approximate surface area is 77.0 Å². The van der Waals surface area contributed by atoms with Crippen molar-refractivity contribution in [3.05, 3.63) is 24.0 Å². The molecule has 0 saturated carbocycles. The molecule has 1 aromatic rings. The summed E-state index contributed by atoms with van der Waals surface area (Å²) >= 11 is 0. The van der Waals surface area contributed by atoms with E-state index in [1.807, 2.05) is 0 Å². The highest BCUT2D eigenvalue weighted by Crippen LogP contribution is 2.12. The Morgan fingerprint density at radius 3 is 2.77 bits per heavy atom. The van der Waals surface area contributed by atoms with Crippen LogP contribution >= 0.6 is 0 Å². The summed E-state index contributed by atoms with van der Waals surface area (Å²) in [6.07, 6.45) is 1.98. The van der Waals surface area contributed by atoms with E-state index in [1.54, 1.807) is 18.5 Å². The van der Waals surface area contributed by atoms with Crippen LogP contribution in [0.5, 0.6) is 0 Å². The highest BCUT2D eigenvalue weighted by atomic mass is 16.3. The predicted octanol–water partition coefficient (Wildman–Crippen LogP) is -0.0520. The van der Waals surface area contributed by atoms with Crippen LogP contribution in [0.25, 0.3) is 0 Å². The van der Waals surface area contributed by atoms with Gasteiger partial charge in [0.2, 0.25) is 0 Å². The van der Waals surface area contributed by atoms with Crippen LogP contribution in [-0.2, 0) is 6.42 Å². The number of aromatic nitrogens is 1. The molecule has 0 spiro atoms. The van der Waals surface area contributed by atoms with Crippen LogP contribution in [0.1, 0.15) is 12.5 Å². The van der Waals surface area contributed by atoms with Gasteiger partial charge in [0.15, 0.2) is 0 Å². The van der Waals surface area contributed by atoms with Crippen LogP contribution in [0, 0.1) is 0 Å². The lowest BCUT2D eigenvalue weighted by molar-refractivity contribution is 0.0320. The zero-order chi connectivity index (χ0) is 9.84. The summed E-state index contributed by atoms with van der Waals surface area (Å²) in [7, 11) is 0. The molecule has 0 saturated heterocycles. The van der Waals surface area contributed by atoms with Gasteiger partial charge in [-0.1, -0.05) is 0 Å². The molecule has 4 N–H and O–H groups in total. The molecule has 2 unspecified atom stereocenters. The number of hydrogen-bond acceptors (Lipinski definition) is 4. The van der Waals surface area contributed by atoms with E-state index in [2.05, 4.69) is 4.98 Å². The minimum absolute atomic E-state index is 0.331. The van der Waals surface area contributed by atoms with Gasteiger partial charge < -0.3 is 15.9 Å². The molecule has 0 radical (unpaired) electrons. The van der Waals surface area contributed by atoms with Crippen molar-refractivity contribution in [3.8, 4) is 0 Å². The third-order valence-corrected chi connectivity index (χ3v) is 1.93. The molecule has 0 aliphatic heterocycles. The van der Waals surface area contributed by atoms with Gasteiger partial charge in [-0.3, -0.25) is 4.98 Å². The van der Waals surface area contributed by atoms with Gasteiger partial charge in [-0.25, -0.2) is 0 Å². The molecule has 2 atom stereocenters. The van der Waals surface area contributed by atoms with Crippen LogP contribution in [-0.4, -0.2) is 27.4 Å². The number of pyridine rings is 1. The normalized spacial score (nSPS) is 15.3. The Kier molecular flexibility index (Phi) is 3.22. The summed E-state index contributed by atoms with van der Waals surface area (Å²) in [6.45, 7) is 1.54. The van der Waals surface area contributed by atoms with Crippen molar-refractivity contribution in [1.82, 2.24) is 4.98 Å². The van der Waals surface area contributed by atoms with Crippen molar-refractivity contribution < 1.29 is 10.2 Å². The summed E-state index contributed by atoms with van der Waals surface area (Å²) in [5.74, 6) is 0. The third kappa shape index (κ3) is 2.68. The van der Waals surface area contributed by atoms with E-state index in [0.29, 0.717) is 12.1 Å². The van der Waals surface area contributed by atoms with Gasteiger partial charge in [0.1, 0.15) is 0 Å². The first-order valence-electron chi connectivity index (χ1n) is 4.15. The highest BCUT2D eigenvalue weighted by molar-refractivity contribution is 5.44. The lowest BCUT2D eigenvalue weighted by Crippen LogP contribution is -2.25. The van der Waals surface area contributed by atoms with Gasteiger partial charge in [0, 0.05) is 24.5 Å². The standard InChI is InChI=1S/C9H14N2O2/c1-6(12)9(13)4-7-5-11-3-2-8(7)10/h2-3,5-6,9,12-13H,4H2,1H3,(H2,10,11). The van der Waals surface area contributed by atoms with E-state index in [4.69, 9.17) is 10.8 Å². The smallest absolute Gasteiger partial charge is 0.0837 e. The van der Waals surface area contributed by atoms with Crippen molar-refractivity contribution in [3.63, 3.8) is 0 Å². The molecule has 1 heterocycles. The Bertz CT molecular complexity index is 276. The minimum Gasteiger partial charge on any atom is -0.398 e. The van der Waals surface area contributed by atoms with Crippen molar-refractivity contribution in [2.24, 2.45) is 0 Å². The van der Waals surface area contributed by atoms with Crippen LogP contribution in [0.15, 0.2) is 18.5 Å². The van der Waals surface area contributed by atoms with Crippen molar-refractivity contribution >= 4 is 5.69 Å². The lowest BCUT2D eigenvalue weighted by Gasteiger charge is -2.13. The molecular weight excluding hydrogens is 168 g/mol. The zero-order valence-corrected chi connectivity index (χ0v) is 7.51. The van der Waals surface area contributed by atoms with Gasteiger partial charge in [-0.2, -0.15) is 0 Å². The van der Waals surface area contributed by atoms with Crippen LogP contribution in [0.3, 0.4) is 0 Å². The summed E-state index contributed by atoms with van der Waals surface area (Å²) in [6, 6.07) is 1.67. The SMILES string of the molecule is CC(O)C(O)Cc1cnccc1N. The van der Waals surface area contributed by atoms with E-state index >= 15 is 0 Å². The maximum atomic E-state index is 9.37. The number of nitrogen functional groups attached to an aromatic ring is 1. The second-order valence-electron chi connectivity index (χ2n) is 3.09. The summed E-state index contributed by atoms with van der Waals surface area (Å²) in [5, 5.41) is 18.4. The highest BCUT2D eigenvalue weighted by Gasteiger charge is 2.12. The fourth-order valence-corrected chi connectivity index (χ4v) is 1.00. The molecule has 0 bridgehead atoms. The van der Waals surface area contributed by atoms with E-state index in [9.17, 15) is 5.11 Å². The van der Waals surface area contributed by atoms with E-state index in [1.165, 1.54) is 6.92 Å². The number of hydrogen-bond donors (Lipinski definition) is 3. The topological polar surface area (TPSA) is 79.4 Å². The Balaban J connectivity index is 2.69. The van der Waals surface area contributed by atoms with Crippen LogP contribution in [0.2, 0.25) is 0 Å². The molecule has 1 rings (SSSR count). The van der Waals surface area contributed by atoms with E-state index < -0.39 is 12.2 Å². The first-order chi connectivity index (χ1) is 6.11. The molecule has 72 valence electrons. The fraction of sp³-hybridized carbons (Fsp3) is 0.444. The average Bonchev–Trinajstić information content (AvgIpc) is 2.08. The molecule has 4 heteroatoms. The minimum atomic E-state index is -0.786. The van der Waals surface area contributed by atoms with Gasteiger partial charge in [-0.05, 0) is 18.6 Å². The molecule has 0 aliphatic carbocycles. The number of aliphatic hydroxyl groups is 2. The molecule has 0 aliphatic rings. The van der Waals surface area contributed by atoms with Crippen LogP contribution in [0.4, 0.5) is 5.69 Å². The lowest BCUT2D eigenvalue weighted by atomic mass is 10.1. The van der Waals surface area contributed by atoms with Crippen molar-refractivity contribution in [2.45, 2.75) is 25.6 Å². The average molecular weight is 182 g/mol. The Hall–Kier alpha value is -1.13. The first-order valence-corrected chi connectivity index (χ1v) is 4.15. The molecule has 4 nitrogen and oxygen atoms in total. The predicted molar refractivity (Wildman–Crippen MR) is 50.0 cm³/mol. The van der Waals surface area contributed by atoms with E-state index in [-0.39, 0.29) is 0 Å². The number of rotatable bonds is 3. The molecule has 0 amide bonds. The molecule has 13 heavy (non-hydrogen) atoms. The molecule has 0 aromatic carbocycles. The number of nitrogens with zero attached hydrogens (tertiary/aromatic N) is 1. The van der Waals surface area contributed by atoms with Crippen LogP contribution < -0.4 is 5.73 Å². The van der Waals surface area contributed by atoms with Gasteiger partial charge in [-0.15, -0.1) is 0 Å². The zero-order valence-electron chi connectivity index (χ0n) is 7.51. The largest absolute Gasteiger partial charge is 0.398 e. The van der Waals surface area contributed by atoms with Gasteiger partial charge >= 0.3 is 0 Å². The fourth-order valence-electron chi connectivity index (χ4n) is 1.00. The second kappa shape index (κ2) is 4.20. The number of aliphatic hydroxyl groups excluding tert-OH is 2. The first kappa shape index (κ1) is 9.95. The number of nitrogens with two attached hydrogens (primary N) is 1. The summed E-state index contributed by atoms with van der Waals surface area (Å²) in [5.41, 5.74) is 6.99. The van der Waals surface area contributed by atoms with Crippen molar-refractivity contribution in [1.29, 1.82) is 0 Å². The quantitative estimate of drug-likeness (QED) is 0.612. The molecule has 0 fully saturated rings. The van der Waals surface area contributed by atoms with E-state index in [0.717, 1.165) is 5.56 Å².